The van der Waals surface area contributed by atoms with Crippen molar-refractivity contribution in [1.82, 2.24) is 9.88 Å². The molecule has 1 heterocycles. The van der Waals surface area contributed by atoms with Crippen LogP contribution in [0, 0.1) is 0 Å². The van der Waals surface area contributed by atoms with Crippen molar-refractivity contribution in [1.29, 1.82) is 0 Å². The van der Waals surface area contributed by atoms with Crippen LogP contribution in [-0.4, -0.2) is 42.9 Å². The lowest BCUT2D eigenvalue weighted by Gasteiger charge is -2.20. The second-order valence-corrected chi connectivity index (χ2v) is 5.64. The van der Waals surface area contributed by atoms with Crippen molar-refractivity contribution in [2.45, 2.75) is 6.92 Å². The number of amidine groups is 1. The van der Waals surface area contributed by atoms with E-state index < -0.39 is 0 Å². The molecule has 0 spiro atoms. The summed E-state index contributed by atoms with van der Waals surface area (Å²) in [7, 11) is 3.88. The number of nitrogens with zero attached hydrogens (tertiary/aromatic N) is 3. The van der Waals surface area contributed by atoms with Crippen LogP contribution in [0.15, 0.2) is 53.5 Å². The maximum Gasteiger partial charge on any atom is 0.0952 e. The molecule has 0 saturated heterocycles. The third-order valence-electron chi connectivity index (χ3n) is 4.21. The number of hydrogen-bond donors (Lipinski definition) is 1. The van der Waals surface area contributed by atoms with Crippen LogP contribution in [0.4, 0.5) is 5.69 Å². The lowest BCUT2D eigenvalue weighted by Crippen LogP contribution is -2.29. The number of rotatable bonds is 4. The van der Waals surface area contributed by atoms with Crippen molar-refractivity contribution < 1.29 is 0 Å². The summed E-state index contributed by atoms with van der Waals surface area (Å²) in [5.41, 5.74) is 3.20. The molecule has 0 unspecified atom stereocenters. The summed E-state index contributed by atoms with van der Waals surface area (Å²) in [6.07, 6.45) is 0. The van der Waals surface area contributed by atoms with Crippen LogP contribution in [0.25, 0.3) is 21.8 Å². The van der Waals surface area contributed by atoms with Crippen LogP contribution in [0.1, 0.15) is 6.92 Å². The molecule has 0 atom stereocenters. The van der Waals surface area contributed by atoms with E-state index in [1.54, 1.807) is 0 Å². The number of fused-ring (bicyclic) bond motifs is 2. The lowest BCUT2D eigenvalue weighted by molar-refractivity contribution is 0.519. The fourth-order valence-electron chi connectivity index (χ4n) is 2.71. The Bertz CT molecular complexity index is 800. The molecule has 4 nitrogen and oxygen atoms in total. The Morgan fingerprint density at radius 2 is 1.61 bits per heavy atom. The average molecular weight is 306 g/mol. The van der Waals surface area contributed by atoms with Crippen molar-refractivity contribution in [3.63, 3.8) is 0 Å². The van der Waals surface area contributed by atoms with E-state index in [0.717, 1.165) is 46.4 Å². The first kappa shape index (κ1) is 15.3. The van der Waals surface area contributed by atoms with Crippen molar-refractivity contribution in [2.24, 2.45) is 4.99 Å². The molecule has 0 amide bonds. The average Bonchev–Trinajstić information content (AvgIpc) is 2.60. The second kappa shape index (κ2) is 6.65. The third kappa shape index (κ3) is 3.11. The highest BCUT2D eigenvalue weighted by Gasteiger charge is 2.08. The molecule has 118 valence electrons. The van der Waals surface area contributed by atoms with Crippen LogP contribution in [-0.2, 0) is 0 Å². The maximum absolute atomic E-state index is 4.75. The molecule has 3 rings (SSSR count). The zero-order valence-corrected chi connectivity index (χ0v) is 13.9. The van der Waals surface area contributed by atoms with Gasteiger partial charge in [0.25, 0.3) is 0 Å². The van der Waals surface area contributed by atoms with Crippen LogP contribution >= 0.6 is 0 Å². The first-order valence-corrected chi connectivity index (χ1v) is 7.86. The van der Waals surface area contributed by atoms with Crippen molar-refractivity contribution >= 4 is 33.3 Å². The van der Waals surface area contributed by atoms with E-state index in [1.807, 2.05) is 26.1 Å². The van der Waals surface area contributed by atoms with E-state index in [2.05, 4.69) is 58.7 Å². The molecular weight excluding hydrogens is 284 g/mol. The number of anilines is 1. The molecule has 23 heavy (non-hydrogen) atoms. The van der Waals surface area contributed by atoms with Crippen LogP contribution in [0.3, 0.4) is 0 Å². The zero-order chi connectivity index (χ0) is 16.2. The Labute approximate surface area is 136 Å². The largest absolute Gasteiger partial charge is 0.382 e. The minimum absolute atomic E-state index is 0.849. The molecular formula is C19H22N4. The molecule has 0 aliphatic heterocycles. The maximum atomic E-state index is 4.75. The molecule has 0 fully saturated rings. The minimum atomic E-state index is 0.849. The molecule has 1 N–H and O–H groups in total. The fourth-order valence-corrected chi connectivity index (χ4v) is 2.71. The van der Waals surface area contributed by atoms with E-state index >= 15 is 0 Å². The number of aliphatic imine (C=N–C) groups is 1. The first-order valence-electron chi connectivity index (χ1n) is 7.86. The van der Waals surface area contributed by atoms with Crippen molar-refractivity contribution in [2.75, 3.05) is 32.5 Å². The molecule has 0 bridgehead atoms. The SMILES string of the molecule is C/N=C(\C)N(C)CCNc1c2ccccc2nc2ccccc12. The number of hydrogen-bond acceptors (Lipinski definition) is 3. The molecule has 4 heteroatoms. The van der Waals surface area contributed by atoms with E-state index in [-0.39, 0.29) is 0 Å². The smallest absolute Gasteiger partial charge is 0.0952 e. The number of para-hydroxylation sites is 2. The van der Waals surface area contributed by atoms with Gasteiger partial charge in [0.2, 0.25) is 0 Å². The summed E-state index contributed by atoms with van der Waals surface area (Å²) >= 11 is 0. The van der Waals surface area contributed by atoms with Gasteiger partial charge in [-0.3, -0.25) is 4.99 Å². The van der Waals surface area contributed by atoms with Gasteiger partial charge in [0, 0.05) is 38.0 Å². The summed E-state index contributed by atoms with van der Waals surface area (Å²) in [5.74, 6) is 1.04. The highest BCUT2D eigenvalue weighted by molar-refractivity contribution is 6.07. The van der Waals surface area contributed by atoms with E-state index in [9.17, 15) is 0 Å². The number of nitrogens with one attached hydrogen (secondary N) is 1. The summed E-state index contributed by atoms with van der Waals surface area (Å²) < 4.78 is 0. The molecule has 0 saturated carbocycles. The monoisotopic (exact) mass is 306 g/mol. The molecule has 0 aliphatic carbocycles. The van der Waals surface area contributed by atoms with Crippen LogP contribution in [0.5, 0.6) is 0 Å². The standard InChI is InChI=1S/C19H22N4/c1-14(20-2)23(3)13-12-21-19-15-8-4-6-10-17(15)22-18-11-7-5-9-16(18)19/h4-11H,12-13H2,1-3H3,(H,21,22)/b20-14+. The summed E-state index contributed by atoms with van der Waals surface area (Å²) in [5, 5.41) is 5.93. The predicted molar refractivity (Wildman–Crippen MR) is 99.4 cm³/mol. The van der Waals surface area contributed by atoms with Crippen LogP contribution < -0.4 is 5.32 Å². The normalized spacial score (nSPS) is 11.9. The number of benzene rings is 2. The first-order chi connectivity index (χ1) is 11.2. The summed E-state index contributed by atoms with van der Waals surface area (Å²) in [6, 6.07) is 16.6. The molecule has 0 aliphatic rings. The van der Waals surface area contributed by atoms with Gasteiger partial charge >= 0.3 is 0 Å². The van der Waals surface area contributed by atoms with Gasteiger partial charge in [-0.05, 0) is 19.1 Å². The minimum Gasteiger partial charge on any atom is -0.382 e. The zero-order valence-electron chi connectivity index (χ0n) is 13.9. The van der Waals surface area contributed by atoms with E-state index in [4.69, 9.17) is 4.98 Å². The van der Waals surface area contributed by atoms with Gasteiger partial charge in [0.15, 0.2) is 0 Å². The van der Waals surface area contributed by atoms with E-state index in [0.29, 0.717) is 0 Å². The van der Waals surface area contributed by atoms with Gasteiger partial charge in [-0.15, -0.1) is 0 Å². The van der Waals surface area contributed by atoms with Gasteiger partial charge in [-0.1, -0.05) is 36.4 Å². The molecule has 3 aromatic rings. The number of aromatic nitrogens is 1. The molecule has 0 radical (unpaired) electrons. The van der Waals surface area contributed by atoms with Crippen LogP contribution in [0.2, 0.25) is 0 Å². The molecule has 2 aromatic carbocycles. The Balaban J connectivity index is 1.94. The third-order valence-corrected chi connectivity index (χ3v) is 4.21. The Kier molecular flexibility index (Phi) is 4.42. The number of pyridine rings is 1. The van der Waals surface area contributed by atoms with Gasteiger partial charge in [0.1, 0.15) is 0 Å². The van der Waals surface area contributed by atoms with Gasteiger partial charge < -0.3 is 10.2 Å². The second-order valence-electron chi connectivity index (χ2n) is 5.64. The van der Waals surface area contributed by atoms with Gasteiger partial charge in [0.05, 0.1) is 22.6 Å². The van der Waals surface area contributed by atoms with Crippen molar-refractivity contribution in [3.05, 3.63) is 48.5 Å². The number of likely N-dealkylation sites (N-methyl/N-ethyl adjacent to an activating group) is 1. The highest BCUT2D eigenvalue weighted by Crippen LogP contribution is 2.30. The Hall–Kier alpha value is -2.62. The topological polar surface area (TPSA) is 40.5 Å². The summed E-state index contributed by atoms with van der Waals surface area (Å²) in [6.45, 7) is 3.77. The van der Waals surface area contributed by atoms with Gasteiger partial charge in [-0.2, -0.15) is 0 Å². The summed E-state index contributed by atoms with van der Waals surface area (Å²) in [4.78, 5) is 11.1. The van der Waals surface area contributed by atoms with E-state index in [1.165, 1.54) is 0 Å². The Morgan fingerprint density at radius 3 is 2.17 bits per heavy atom. The van der Waals surface area contributed by atoms with Crippen molar-refractivity contribution in [3.8, 4) is 0 Å². The predicted octanol–water partition coefficient (Wildman–Crippen LogP) is 3.78. The lowest BCUT2D eigenvalue weighted by atomic mass is 10.1. The fraction of sp³-hybridized carbons (Fsp3) is 0.263. The highest BCUT2D eigenvalue weighted by atomic mass is 15.2. The van der Waals surface area contributed by atoms with Gasteiger partial charge in [-0.25, -0.2) is 4.98 Å². The molecule has 1 aromatic heterocycles. The quantitative estimate of drug-likeness (QED) is 0.453. The Morgan fingerprint density at radius 1 is 1.04 bits per heavy atom.